The second kappa shape index (κ2) is 12.3. The van der Waals surface area contributed by atoms with Crippen LogP contribution in [0.15, 0.2) is 23.2 Å². The predicted molar refractivity (Wildman–Crippen MR) is 121 cm³/mol. The summed E-state index contributed by atoms with van der Waals surface area (Å²) in [6.07, 6.45) is 2.50. The lowest BCUT2D eigenvalue weighted by Gasteiger charge is -2.34. The monoisotopic (exact) mass is 508 g/mol. The average Bonchev–Trinajstić information content (AvgIpc) is 2.60. The van der Waals surface area contributed by atoms with Gasteiger partial charge >= 0.3 is 0 Å². The highest BCUT2D eigenvalue weighted by atomic mass is 127. The largest absolute Gasteiger partial charge is 0.493 e. The first kappa shape index (κ1) is 23.8. The average molecular weight is 509 g/mol. The van der Waals surface area contributed by atoms with Crippen molar-refractivity contribution < 1.29 is 9.53 Å². The van der Waals surface area contributed by atoms with Gasteiger partial charge in [-0.15, -0.1) is 24.0 Å². The van der Waals surface area contributed by atoms with Crippen LogP contribution in [0.4, 0.5) is 0 Å². The van der Waals surface area contributed by atoms with Crippen LogP contribution >= 0.6 is 35.6 Å². The number of carbonyl (C=O) groups excluding carboxylic acids is 1. The Balaban J connectivity index is 0.00000364. The van der Waals surface area contributed by atoms with Gasteiger partial charge in [0.05, 0.1) is 13.2 Å². The number of carbonyl (C=O) groups is 1. The second-order valence-electron chi connectivity index (χ2n) is 6.48. The van der Waals surface area contributed by atoms with Crippen molar-refractivity contribution in [1.82, 2.24) is 10.2 Å². The van der Waals surface area contributed by atoms with E-state index in [1.54, 1.807) is 0 Å². The third-order valence-corrected chi connectivity index (χ3v) is 4.61. The quantitative estimate of drug-likeness (QED) is 0.336. The first-order valence-corrected chi connectivity index (χ1v) is 9.64. The molecule has 1 saturated heterocycles. The summed E-state index contributed by atoms with van der Waals surface area (Å²) in [5, 5.41) is 4.00. The third-order valence-electron chi connectivity index (χ3n) is 4.37. The normalized spacial score (nSPS) is 17.2. The Bertz CT molecular complexity index is 642. The molecule has 0 aromatic heterocycles. The Morgan fingerprint density at radius 2 is 2.22 bits per heavy atom. The number of halogens is 2. The molecular formula is C19H30ClIN4O2. The van der Waals surface area contributed by atoms with E-state index in [1.165, 1.54) is 0 Å². The number of guanidine groups is 1. The van der Waals surface area contributed by atoms with Crippen LogP contribution in [-0.2, 0) is 11.3 Å². The molecule has 3 N–H and O–H groups in total. The maximum atomic E-state index is 11.2. The topological polar surface area (TPSA) is 80.0 Å². The van der Waals surface area contributed by atoms with Crippen LogP contribution in [0.3, 0.4) is 0 Å². The molecule has 1 aliphatic rings. The lowest BCUT2D eigenvalue weighted by molar-refractivity contribution is -0.119. The minimum Gasteiger partial charge on any atom is -0.493 e. The number of nitrogens with two attached hydrogens (primary N) is 1. The van der Waals surface area contributed by atoms with E-state index in [9.17, 15) is 4.79 Å². The number of hydrogen-bond acceptors (Lipinski definition) is 3. The zero-order valence-corrected chi connectivity index (χ0v) is 19.1. The minimum atomic E-state index is -0.235. The second-order valence-corrected chi connectivity index (χ2v) is 6.92. The number of primary amides is 1. The molecule has 1 fully saturated rings. The van der Waals surface area contributed by atoms with Gasteiger partial charge in [-0.25, -0.2) is 4.99 Å². The highest BCUT2D eigenvalue weighted by molar-refractivity contribution is 14.0. The molecule has 0 spiro atoms. The summed E-state index contributed by atoms with van der Waals surface area (Å²) in [5.74, 6) is 1.69. The first-order chi connectivity index (χ1) is 12.5. The third kappa shape index (κ3) is 7.73. The number of aliphatic imine (C=N–C) groups is 1. The van der Waals surface area contributed by atoms with Crippen molar-refractivity contribution in [3.8, 4) is 5.75 Å². The lowest BCUT2D eigenvalue weighted by Crippen LogP contribution is -2.47. The molecule has 0 aliphatic carbocycles. The number of nitrogens with zero attached hydrogens (tertiary/aromatic N) is 2. The van der Waals surface area contributed by atoms with E-state index >= 15 is 0 Å². The van der Waals surface area contributed by atoms with E-state index < -0.39 is 0 Å². The molecule has 0 radical (unpaired) electrons. The van der Waals surface area contributed by atoms with Crippen LogP contribution < -0.4 is 15.8 Å². The van der Waals surface area contributed by atoms with Gasteiger partial charge in [0.1, 0.15) is 5.75 Å². The maximum Gasteiger partial charge on any atom is 0.217 e. The molecule has 1 amide bonds. The van der Waals surface area contributed by atoms with E-state index in [0.29, 0.717) is 30.5 Å². The molecule has 152 valence electrons. The molecule has 1 aromatic carbocycles. The standard InChI is InChI=1S/C19H29ClN4O2.HI/c1-3-22-19(24-9-5-6-14(13-24)10-18(21)25)23-12-15-7-8-16(20)11-17(15)26-4-2;/h7-8,11,14H,3-6,9-10,12-13H2,1-2H3,(H2,21,25)(H,22,23);1H. The van der Waals surface area contributed by atoms with Crippen molar-refractivity contribution in [2.45, 2.75) is 39.7 Å². The zero-order valence-electron chi connectivity index (χ0n) is 16.0. The first-order valence-electron chi connectivity index (χ1n) is 9.26. The van der Waals surface area contributed by atoms with Crippen molar-refractivity contribution in [1.29, 1.82) is 0 Å². The molecular weight excluding hydrogens is 479 g/mol. The van der Waals surface area contributed by atoms with Crippen molar-refractivity contribution in [2.24, 2.45) is 16.6 Å². The number of amides is 1. The summed E-state index contributed by atoms with van der Waals surface area (Å²) in [5.41, 5.74) is 6.37. The Kier molecular flexibility index (Phi) is 10.8. The van der Waals surface area contributed by atoms with Gasteiger partial charge in [0, 0.05) is 36.6 Å². The Labute approximate surface area is 183 Å². The van der Waals surface area contributed by atoms with E-state index in [2.05, 4.69) is 10.2 Å². The highest BCUT2D eigenvalue weighted by Crippen LogP contribution is 2.25. The molecule has 1 unspecified atom stereocenters. The van der Waals surface area contributed by atoms with E-state index in [1.807, 2.05) is 32.0 Å². The zero-order chi connectivity index (χ0) is 18.9. The number of benzene rings is 1. The molecule has 1 atom stereocenters. The minimum absolute atomic E-state index is 0. The molecule has 2 rings (SSSR count). The van der Waals surface area contributed by atoms with Crippen molar-refractivity contribution in [3.05, 3.63) is 28.8 Å². The summed E-state index contributed by atoms with van der Waals surface area (Å²) in [6.45, 7) is 7.60. The smallest absolute Gasteiger partial charge is 0.217 e. The number of piperidine rings is 1. The van der Waals surface area contributed by atoms with Gasteiger partial charge in [-0.05, 0) is 44.7 Å². The Morgan fingerprint density at radius 3 is 2.89 bits per heavy atom. The van der Waals surface area contributed by atoms with E-state index in [4.69, 9.17) is 27.1 Å². The van der Waals surface area contributed by atoms with Gasteiger partial charge in [0.15, 0.2) is 5.96 Å². The van der Waals surface area contributed by atoms with Gasteiger partial charge in [0.2, 0.25) is 5.91 Å². The summed E-state index contributed by atoms with van der Waals surface area (Å²) in [6, 6.07) is 5.63. The van der Waals surface area contributed by atoms with E-state index in [-0.39, 0.29) is 29.9 Å². The maximum absolute atomic E-state index is 11.2. The molecule has 0 bridgehead atoms. The molecule has 0 saturated carbocycles. The van der Waals surface area contributed by atoms with Gasteiger partial charge in [-0.1, -0.05) is 17.7 Å². The summed E-state index contributed by atoms with van der Waals surface area (Å²) >= 11 is 6.07. The van der Waals surface area contributed by atoms with Gasteiger partial charge in [-0.3, -0.25) is 4.79 Å². The van der Waals surface area contributed by atoms with Crippen molar-refractivity contribution in [2.75, 3.05) is 26.2 Å². The van der Waals surface area contributed by atoms with Crippen molar-refractivity contribution in [3.63, 3.8) is 0 Å². The van der Waals surface area contributed by atoms with Crippen LogP contribution in [0.1, 0.15) is 38.7 Å². The number of likely N-dealkylation sites (tertiary alicyclic amines) is 1. The van der Waals surface area contributed by atoms with Gasteiger partial charge in [0.25, 0.3) is 0 Å². The number of nitrogens with one attached hydrogen (secondary N) is 1. The fourth-order valence-electron chi connectivity index (χ4n) is 3.24. The van der Waals surface area contributed by atoms with Crippen LogP contribution in [0.5, 0.6) is 5.75 Å². The molecule has 6 nitrogen and oxygen atoms in total. The lowest BCUT2D eigenvalue weighted by atomic mass is 9.95. The molecule has 1 aliphatic heterocycles. The number of rotatable bonds is 7. The molecule has 27 heavy (non-hydrogen) atoms. The van der Waals surface area contributed by atoms with Crippen LogP contribution in [0.25, 0.3) is 0 Å². The number of ether oxygens (including phenoxy) is 1. The summed E-state index contributed by atoms with van der Waals surface area (Å²) < 4.78 is 5.68. The van der Waals surface area contributed by atoms with Crippen LogP contribution in [-0.4, -0.2) is 43.0 Å². The Morgan fingerprint density at radius 1 is 1.44 bits per heavy atom. The Hall–Kier alpha value is -1.22. The number of hydrogen-bond donors (Lipinski definition) is 2. The molecule has 1 aromatic rings. The predicted octanol–water partition coefficient (Wildman–Crippen LogP) is 3.41. The molecule has 1 heterocycles. The van der Waals surface area contributed by atoms with Crippen LogP contribution in [0, 0.1) is 5.92 Å². The van der Waals surface area contributed by atoms with Gasteiger partial charge < -0.3 is 20.7 Å². The summed E-state index contributed by atoms with van der Waals surface area (Å²) in [4.78, 5) is 18.2. The van der Waals surface area contributed by atoms with Crippen LogP contribution in [0.2, 0.25) is 5.02 Å². The van der Waals surface area contributed by atoms with Gasteiger partial charge in [-0.2, -0.15) is 0 Å². The highest BCUT2D eigenvalue weighted by Gasteiger charge is 2.23. The SMILES string of the molecule is CCNC(=NCc1ccc(Cl)cc1OCC)N1CCCC(CC(N)=O)C1.I. The van der Waals surface area contributed by atoms with E-state index in [0.717, 1.165) is 49.7 Å². The fraction of sp³-hybridized carbons (Fsp3) is 0.579. The van der Waals surface area contributed by atoms with Crippen molar-refractivity contribution >= 4 is 47.4 Å². The molecule has 8 heteroatoms. The fourth-order valence-corrected chi connectivity index (χ4v) is 3.41. The summed E-state index contributed by atoms with van der Waals surface area (Å²) in [7, 11) is 0.